The highest BCUT2D eigenvalue weighted by Crippen LogP contribution is 2.23. The molecule has 1 fully saturated rings. The normalized spacial score (nSPS) is 20.6. The molecule has 5 nitrogen and oxygen atoms in total. The maximum absolute atomic E-state index is 12.2. The van der Waals surface area contributed by atoms with Crippen molar-refractivity contribution in [2.24, 2.45) is 0 Å². The molecule has 1 saturated heterocycles. The van der Waals surface area contributed by atoms with Crippen LogP contribution in [-0.4, -0.2) is 32.9 Å². The zero-order valence-corrected chi connectivity index (χ0v) is 11.5. The number of benzene rings is 1. The van der Waals surface area contributed by atoms with E-state index in [0.717, 1.165) is 12.0 Å². The summed E-state index contributed by atoms with van der Waals surface area (Å²) >= 11 is 5.81. The van der Waals surface area contributed by atoms with Crippen molar-refractivity contribution < 1.29 is 13.4 Å². The Bertz CT molecular complexity index is 593. The van der Waals surface area contributed by atoms with Crippen LogP contribution < -0.4 is 0 Å². The van der Waals surface area contributed by atoms with Crippen molar-refractivity contribution in [2.45, 2.75) is 16.9 Å². The predicted molar refractivity (Wildman–Crippen MR) is 70.4 cm³/mol. The van der Waals surface area contributed by atoms with Crippen LogP contribution in [0.1, 0.15) is 6.42 Å². The second-order valence-electron chi connectivity index (χ2n) is 4.16. The Morgan fingerprint density at radius 2 is 2.05 bits per heavy atom. The molecule has 1 aromatic heterocycles. The molecule has 2 unspecified atom stereocenters. The highest BCUT2D eigenvalue weighted by Gasteiger charge is 2.27. The van der Waals surface area contributed by atoms with E-state index in [4.69, 9.17) is 20.8 Å². The van der Waals surface area contributed by atoms with E-state index in [-0.39, 0.29) is 10.5 Å². The number of ether oxygens (including phenoxy) is 1. The van der Waals surface area contributed by atoms with Gasteiger partial charge in [0.2, 0.25) is 5.89 Å². The summed E-state index contributed by atoms with van der Waals surface area (Å²) in [7, 11) is -1.31. The maximum atomic E-state index is 12.2. The van der Waals surface area contributed by atoms with E-state index in [1.807, 2.05) is 0 Å². The van der Waals surface area contributed by atoms with E-state index in [0.29, 0.717) is 24.1 Å². The van der Waals surface area contributed by atoms with Gasteiger partial charge in [-0.25, -0.2) is 4.21 Å². The predicted octanol–water partition coefficient (Wildman–Crippen LogP) is 2.29. The molecule has 1 aliphatic rings. The minimum absolute atomic E-state index is 0.0569. The fourth-order valence-corrected chi connectivity index (χ4v) is 3.05. The smallest absolute Gasteiger partial charge is 0.308 e. The van der Waals surface area contributed by atoms with E-state index < -0.39 is 10.8 Å². The first kappa shape index (κ1) is 12.8. The molecule has 3 rings (SSSR count). The van der Waals surface area contributed by atoms with Gasteiger partial charge >= 0.3 is 5.22 Å². The Labute approximate surface area is 117 Å². The van der Waals surface area contributed by atoms with Crippen molar-refractivity contribution in [2.75, 3.05) is 13.2 Å². The monoisotopic (exact) mass is 298 g/mol. The quantitative estimate of drug-likeness (QED) is 0.870. The first-order chi connectivity index (χ1) is 9.24. The highest BCUT2D eigenvalue weighted by atomic mass is 35.5. The van der Waals surface area contributed by atoms with Crippen LogP contribution in [0.15, 0.2) is 33.9 Å². The number of aromatic nitrogens is 2. The number of hydrogen-bond acceptors (Lipinski definition) is 5. The van der Waals surface area contributed by atoms with Gasteiger partial charge < -0.3 is 9.15 Å². The fraction of sp³-hybridized carbons (Fsp3) is 0.333. The molecule has 0 saturated carbocycles. The Balaban J connectivity index is 1.82. The van der Waals surface area contributed by atoms with Gasteiger partial charge in [-0.1, -0.05) is 16.7 Å². The van der Waals surface area contributed by atoms with Gasteiger partial charge in [-0.2, -0.15) is 0 Å². The number of nitrogens with zero attached hydrogens (tertiary/aromatic N) is 2. The van der Waals surface area contributed by atoms with Crippen LogP contribution in [0.2, 0.25) is 5.02 Å². The molecule has 0 bridgehead atoms. The van der Waals surface area contributed by atoms with Gasteiger partial charge in [-0.05, 0) is 30.7 Å². The van der Waals surface area contributed by atoms with Crippen molar-refractivity contribution in [1.29, 1.82) is 0 Å². The molecule has 2 aromatic rings. The molecule has 0 radical (unpaired) electrons. The molecule has 0 N–H and O–H groups in total. The maximum Gasteiger partial charge on any atom is 0.308 e. The van der Waals surface area contributed by atoms with E-state index in [2.05, 4.69) is 10.2 Å². The zero-order chi connectivity index (χ0) is 13.2. The van der Waals surface area contributed by atoms with Crippen LogP contribution >= 0.6 is 11.6 Å². The first-order valence-electron chi connectivity index (χ1n) is 5.82. The fourth-order valence-electron chi connectivity index (χ4n) is 1.82. The topological polar surface area (TPSA) is 65.2 Å². The van der Waals surface area contributed by atoms with Gasteiger partial charge in [0.1, 0.15) is 10.8 Å². The molecule has 7 heteroatoms. The van der Waals surface area contributed by atoms with Gasteiger partial charge in [0.05, 0.1) is 11.9 Å². The molecular formula is C12H11ClN2O3S. The third-order valence-corrected chi connectivity index (χ3v) is 4.60. The van der Waals surface area contributed by atoms with Gasteiger partial charge in [-0.15, -0.1) is 5.10 Å². The molecule has 0 aliphatic carbocycles. The number of rotatable bonds is 3. The highest BCUT2D eigenvalue weighted by molar-refractivity contribution is 7.85. The van der Waals surface area contributed by atoms with E-state index in [1.54, 1.807) is 24.3 Å². The van der Waals surface area contributed by atoms with Crippen molar-refractivity contribution in [3.8, 4) is 11.5 Å². The van der Waals surface area contributed by atoms with Crippen molar-refractivity contribution in [3.63, 3.8) is 0 Å². The first-order valence-corrected chi connectivity index (χ1v) is 7.41. The van der Waals surface area contributed by atoms with Gasteiger partial charge in [-0.3, -0.25) is 0 Å². The molecule has 1 aromatic carbocycles. The summed E-state index contributed by atoms with van der Waals surface area (Å²) < 4.78 is 22.8. The molecule has 0 amide bonds. The van der Waals surface area contributed by atoms with Gasteiger partial charge in [0.25, 0.3) is 0 Å². The van der Waals surface area contributed by atoms with Crippen LogP contribution in [0, 0.1) is 0 Å². The Hall–Kier alpha value is -1.24. The lowest BCUT2D eigenvalue weighted by molar-refractivity contribution is 0.198. The number of hydrogen-bond donors (Lipinski definition) is 0. The van der Waals surface area contributed by atoms with Gasteiger partial charge in [0, 0.05) is 17.2 Å². The largest absolute Gasteiger partial charge is 0.410 e. The molecule has 2 heterocycles. The molecule has 0 spiro atoms. The minimum atomic E-state index is -1.31. The third kappa shape index (κ3) is 2.70. The molecule has 19 heavy (non-hydrogen) atoms. The third-order valence-electron chi connectivity index (χ3n) is 2.86. The second-order valence-corrected chi connectivity index (χ2v) is 6.21. The van der Waals surface area contributed by atoms with Crippen LogP contribution in [0.5, 0.6) is 0 Å². The van der Waals surface area contributed by atoms with E-state index >= 15 is 0 Å². The average Bonchev–Trinajstić information content (AvgIpc) is 3.10. The summed E-state index contributed by atoms with van der Waals surface area (Å²) in [4.78, 5) is 0. The summed E-state index contributed by atoms with van der Waals surface area (Å²) in [6.07, 6.45) is 0.755. The molecule has 1 aliphatic heterocycles. The van der Waals surface area contributed by atoms with Crippen LogP contribution in [0.4, 0.5) is 0 Å². The van der Waals surface area contributed by atoms with E-state index in [1.165, 1.54) is 0 Å². The van der Waals surface area contributed by atoms with Crippen molar-refractivity contribution in [3.05, 3.63) is 29.3 Å². The summed E-state index contributed by atoms with van der Waals surface area (Å²) in [5, 5.41) is 8.50. The van der Waals surface area contributed by atoms with E-state index in [9.17, 15) is 4.21 Å². The van der Waals surface area contributed by atoms with Crippen molar-refractivity contribution >= 4 is 22.4 Å². The lowest BCUT2D eigenvalue weighted by atomic mass is 10.2. The summed E-state index contributed by atoms with van der Waals surface area (Å²) in [5.41, 5.74) is 0.753. The van der Waals surface area contributed by atoms with Gasteiger partial charge in [0.15, 0.2) is 0 Å². The summed E-state index contributed by atoms with van der Waals surface area (Å²) in [5.74, 6) is 0.346. The van der Waals surface area contributed by atoms with Crippen LogP contribution in [0.25, 0.3) is 11.5 Å². The number of halogens is 1. The Morgan fingerprint density at radius 3 is 2.74 bits per heavy atom. The summed E-state index contributed by atoms with van der Waals surface area (Å²) in [6.45, 7) is 1.11. The standard InChI is InChI=1S/C12H11ClN2O3S/c13-9-3-1-8(2-4-9)11-14-15-12(18-11)19(16)10-5-6-17-7-10/h1-4,10H,5-7H2. The SMILES string of the molecule is O=S(c1nnc(-c2ccc(Cl)cc2)o1)C1CCOC1. The van der Waals surface area contributed by atoms with Crippen molar-refractivity contribution in [1.82, 2.24) is 10.2 Å². The van der Waals surface area contributed by atoms with Crippen LogP contribution in [-0.2, 0) is 15.5 Å². The zero-order valence-electron chi connectivity index (χ0n) is 9.91. The second kappa shape index (κ2) is 5.40. The summed E-state index contributed by atoms with van der Waals surface area (Å²) in [6, 6.07) is 7.04. The lowest BCUT2D eigenvalue weighted by Gasteiger charge is -2.01. The Kier molecular flexibility index (Phi) is 3.63. The minimum Gasteiger partial charge on any atom is -0.410 e. The molecule has 100 valence electrons. The Morgan fingerprint density at radius 1 is 1.26 bits per heavy atom. The van der Waals surface area contributed by atoms with Crippen LogP contribution in [0.3, 0.4) is 0 Å². The average molecular weight is 299 g/mol. The lowest BCUT2D eigenvalue weighted by Crippen LogP contribution is -2.15. The molecule has 2 atom stereocenters. The molecular weight excluding hydrogens is 288 g/mol.